The molecule has 6 fully saturated rings. The molecule has 0 radical (unpaired) electrons. The molecule has 4 aliphatic carbocycles. The molecule has 196 valence electrons. The lowest BCUT2D eigenvalue weighted by molar-refractivity contribution is -0.302. The standard InChI is InChI=1S/C30H46O5/c1-17-13-30(35-24(17,2)3)29(8,33)23-21(34-30)16-27(6)19-10-11-25(4)14-18(31)9-12-26(25,5)22(19)20(32)15-28(23,27)7/h17,19,21-23,33H,9-16H2,1-8H3/t17-,19?,21-,22?,23?,25-,26+,27-,28+,29?,30?/m0/s1. The Hall–Kier alpha value is -0.780. The van der Waals surface area contributed by atoms with Crippen LogP contribution in [0.3, 0.4) is 0 Å². The molecule has 0 amide bonds. The first kappa shape index (κ1) is 24.6. The van der Waals surface area contributed by atoms with Crippen LogP contribution in [0.4, 0.5) is 0 Å². The molecule has 0 aromatic heterocycles. The number of carbonyl (C=O) groups is 2. The minimum absolute atomic E-state index is 0.00755. The summed E-state index contributed by atoms with van der Waals surface area (Å²) in [6, 6.07) is 0. The average Bonchev–Trinajstić information content (AvgIpc) is 3.17. The molecule has 0 bridgehead atoms. The van der Waals surface area contributed by atoms with Gasteiger partial charge in [-0.2, -0.15) is 0 Å². The Kier molecular flexibility index (Phi) is 4.64. The molecule has 2 heterocycles. The molecule has 5 heteroatoms. The number of fused-ring (bicyclic) bond motifs is 7. The van der Waals surface area contributed by atoms with Crippen LogP contribution in [-0.4, -0.2) is 39.8 Å². The van der Waals surface area contributed by atoms with Gasteiger partial charge in [0.25, 0.3) is 0 Å². The number of ether oxygens (including phenoxy) is 2. The van der Waals surface area contributed by atoms with Crippen LogP contribution >= 0.6 is 0 Å². The topological polar surface area (TPSA) is 72.8 Å². The third-order valence-corrected chi connectivity index (χ3v) is 13.6. The van der Waals surface area contributed by atoms with Crippen molar-refractivity contribution in [3.63, 3.8) is 0 Å². The summed E-state index contributed by atoms with van der Waals surface area (Å²) in [6.45, 7) is 17.5. The second-order valence-corrected chi connectivity index (χ2v) is 15.3. The normalized spacial score (nSPS) is 60.9. The molecule has 2 aliphatic heterocycles. The van der Waals surface area contributed by atoms with E-state index < -0.39 is 11.4 Å². The van der Waals surface area contributed by atoms with Crippen molar-refractivity contribution in [3.8, 4) is 0 Å². The van der Waals surface area contributed by atoms with E-state index in [0.717, 1.165) is 25.7 Å². The first-order chi connectivity index (χ1) is 16.0. The van der Waals surface area contributed by atoms with E-state index in [1.807, 2.05) is 6.92 Å². The first-order valence-electron chi connectivity index (χ1n) is 14.1. The highest BCUT2D eigenvalue weighted by atomic mass is 16.7. The number of ketones is 2. The van der Waals surface area contributed by atoms with Crippen LogP contribution < -0.4 is 0 Å². The zero-order chi connectivity index (χ0) is 25.6. The third kappa shape index (κ3) is 2.62. The number of carbonyl (C=O) groups excluding carboxylic acids is 2. The van der Waals surface area contributed by atoms with Gasteiger partial charge in [0.05, 0.1) is 11.7 Å². The van der Waals surface area contributed by atoms with Crippen LogP contribution in [0.2, 0.25) is 0 Å². The van der Waals surface area contributed by atoms with E-state index in [2.05, 4.69) is 48.5 Å². The lowest BCUT2D eigenvalue weighted by atomic mass is 9.37. The highest BCUT2D eigenvalue weighted by molar-refractivity contribution is 5.86. The van der Waals surface area contributed by atoms with Gasteiger partial charge in [-0.1, -0.05) is 34.6 Å². The molecule has 0 aromatic carbocycles. The number of Topliss-reactive ketones (excluding diaryl/α,β-unsaturated/α-hetero) is 2. The fraction of sp³-hybridized carbons (Fsp3) is 0.933. The summed E-state index contributed by atoms with van der Waals surface area (Å²) in [5.41, 5.74) is -2.20. The first-order valence-corrected chi connectivity index (χ1v) is 14.1. The molecular formula is C30H46O5. The number of rotatable bonds is 0. The van der Waals surface area contributed by atoms with Crippen LogP contribution in [0.1, 0.15) is 107 Å². The molecule has 1 spiro atoms. The summed E-state index contributed by atoms with van der Waals surface area (Å²) in [5.74, 6) is 0.107. The van der Waals surface area contributed by atoms with E-state index in [9.17, 15) is 14.7 Å². The van der Waals surface area contributed by atoms with Crippen LogP contribution in [0.25, 0.3) is 0 Å². The molecule has 4 saturated carbocycles. The van der Waals surface area contributed by atoms with Crippen LogP contribution in [0.5, 0.6) is 0 Å². The number of aliphatic hydroxyl groups is 1. The fourth-order valence-electron chi connectivity index (χ4n) is 10.9. The van der Waals surface area contributed by atoms with E-state index in [4.69, 9.17) is 9.47 Å². The number of hydrogen-bond donors (Lipinski definition) is 1. The van der Waals surface area contributed by atoms with Gasteiger partial charge in [-0.3, -0.25) is 9.59 Å². The zero-order valence-corrected chi connectivity index (χ0v) is 23.1. The lowest BCUT2D eigenvalue weighted by Gasteiger charge is -2.66. The molecule has 35 heavy (non-hydrogen) atoms. The van der Waals surface area contributed by atoms with Crippen molar-refractivity contribution in [2.45, 2.75) is 130 Å². The monoisotopic (exact) mass is 486 g/mol. The summed E-state index contributed by atoms with van der Waals surface area (Å²) < 4.78 is 13.4. The highest BCUT2D eigenvalue weighted by Crippen LogP contribution is 2.77. The molecule has 5 nitrogen and oxygen atoms in total. The van der Waals surface area contributed by atoms with E-state index >= 15 is 0 Å². The number of hydrogen-bond acceptors (Lipinski definition) is 5. The van der Waals surface area contributed by atoms with Gasteiger partial charge in [0.15, 0.2) is 5.79 Å². The van der Waals surface area contributed by atoms with Gasteiger partial charge < -0.3 is 14.6 Å². The Morgan fingerprint density at radius 2 is 1.57 bits per heavy atom. The minimum Gasteiger partial charge on any atom is -0.384 e. The Morgan fingerprint density at radius 1 is 0.886 bits per heavy atom. The summed E-state index contributed by atoms with van der Waals surface area (Å²) in [7, 11) is 0. The molecule has 2 saturated heterocycles. The van der Waals surface area contributed by atoms with Crippen LogP contribution in [-0.2, 0) is 19.1 Å². The van der Waals surface area contributed by atoms with E-state index in [1.165, 1.54) is 0 Å². The average molecular weight is 487 g/mol. The van der Waals surface area contributed by atoms with Crippen molar-refractivity contribution in [2.75, 3.05) is 0 Å². The van der Waals surface area contributed by atoms with Gasteiger partial charge in [-0.25, -0.2) is 0 Å². The van der Waals surface area contributed by atoms with Gasteiger partial charge in [0.2, 0.25) is 0 Å². The second-order valence-electron chi connectivity index (χ2n) is 15.3. The zero-order valence-electron chi connectivity index (χ0n) is 23.1. The Labute approximate surface area is 211 Å². The molecule has 1 N–H and O–H groups in total. The molecule has 5 unspecified atom stereocenters. The van der Waals surface area contributed by atoms with E-state index in [0.29, 0.717) is 37.2 Å². The molecular weight excluding hydrogens is 440 g/mol. The minimum atomic E-state index is -1.16. The van der Waals surface area contributed by atoms with Crippen molar-refractivity contribution in [3.05, 3.63) is 0 Å². The molecule has 6 rings (SSSR count). The molecule has 0 aromatic rings. The fourth-order valence-corrected chi connectivity index (χ4v) is 10.9. The SMILES string of the molecule is C[C@H]1CC2(O[C@H]3C[C@@]4(C)C5CC[C@@]6(C)CC(=O)CC[C@]6(C)C5C(=O)C[C@]4(C)C3C2(C)O)OC1(C)C. The van der Waals surface area contributed by atoms with Gasteiger partial charge in [0, 0.05) is 37.5 Å². The molecule has 6 aliphatic rings. The maximum absolute atomic E-state index is 14.2. The predicted octanol–water partition coefficient (Wildman–Crippen LogP) is 5.46. The summed E-state index contributed by atoms with van der Waals surface area (Å²) in [6.07, 6.45) is 5.95. The lowest BCUT2D eigenvalue weighted by Crippen LogP contribution is -2.66. The Bertz CT molecular complexity index is 1000. The van der Waals surface area contributed by atoms with Gasteiger partial charge in [-0.15, -0.1) is 0 Å². The van der Waals surface area contributed by atoms with Gasteiger partial charge in [-0.05, 0) is 80.0 Å². The maximum atomic E-state index is 14.2. The van der Waals surface area contributed by atoms with E-state index in [1.54, 1.807) is 0 Å². The second kappa shape index (κ2) is 6.61. The third-order valence-electron chi connectivity index (χ3n) is 13.6. The van der Waals surface area contributed by atoms with Crippen LogP contribution in [0.15, 0.2) is 0 Å². The summed E-state index contributed by atoms with van der Waals surface area (Å²) in [5, 5.41) is 12.3. The van der Waals surface area contributed by atoms with E-state index in [-0.39, 0.29) is 57.0 Å². The highest BCUT2D eigenvalue weighted by Gasteiger charge is 2.80. The largest absolute Gasteiger partial charge is 0.384 e. The molecule has 11 atom stereocenters. The van der Waals surface area contributed by atoms with Gasteiger partial charge in [0.1, 0.15) is 17.2 Å². The maximum Gasteiger partial charge on any atom is 0.198 e. The van der Waals surface area contributed by atoms with Crippen molar-refractivity contribution in [1.29, 1.82) is 0 Å². The van der Waals surface area contributed by atoms with Crippen molar-refractivity contribution in [2.24, 2.45) is 45.3 Å². The predicted molar refractivity (Wildman–Crippen MR) is 132 cm³/mol. The summed E-state index contributed by atoms with van der Waals surface area (Å²) >= 11 is 0. The van der Waals surface area contributed by atoms with Crippen molar-refractivity contribution < 1.29 is 24.2 Å². The summed E-state index contributed by atoms with van der Waals surface area (Å²) in [4.78, 5) is 26.7. The van der Waals surface area contributed by atoms with Crippen molar-refractivity contribution >= 4 is 11.6 Å². The van der Waals surface area contributed by atoms with Gasteiger partial charge >= 0.3 is 0 Å². The Morgan fingerprint density at radius 3 is 2.20 bits per heavy atom. The van der Waals surface area contributed by atoms with Crippen LogP contribution in [0, 0.1) is 45.3 Å². The Balaban J connectivity index is 1.40. The smallest absolute Gasteiger partial charge is 0.198 e. The van der Waals surface area contributed by atoms with Crippen molar-refractivity contribution in [1.82, 2.24) is 0 Å². The quantitative estimate of drug-likeness (QED) is 0.492.